The molecule has 0 bridgehead atoms. The lowest BCUT2D eigenvalue weighted by atomic mass is 10.1. The minimum absolute atomic E-state index is 0.200. The van der Waals surface area contributed by atoms with Crippen molar-refractivity contribution in [3.8, 4) is 11.5 Å². The molecule has 2 aromatic rings. The molecule has 3 rings (SSSR count). The van der Waals surface area contributed by atoms with Crippen molar-refractivity contribution in [1.29, 1.82) is 0 Å². The summed E-state index contributed by atoms with van der Waals surface area (Å²) in [4.78, 5) is 0.351. The molecule has 5 nitrogen and oxygen atoms in total. The maximum absolute atomic E-state index is 12.6. The van der Waals surface area contributed by atoms with Gasteiger partial charge in [0.15, 0.2) is 11.5 Å². The summed E-state index contributed by atoms with van der Waals surface area (Å²) in [6.45, 7) is 5.98. The van der Waals surface area contributed by atoms with Gasteiger partial charge in [-0.25, -0.2) is 13.1 Å². The zero-order valence-corrected chi connectivity index (χ0v) is 14.2. The normalized spacial score (nSPS) is 13.3. The van der Waals surface area contributed by atoms with Gasteiger partial charge in [0.05, 0.1) is 4.90 Å². The van der Waals surface area contributed by atoms with Crippen LogP contribution in [0.15, 0.2) is 35.2 Å². The van der Waals surface area contributed by atoms with Gasteiger partial charge in [0.2, 0.25) is 16.8 Å². The van der Waals surface area contributed by atoms with Gasteiger partial charge >= 0.3 is 0 Å². The molecular weight excluding hydrogens is 314 g/mol. The predicted molar refractivity (Wildman–Crippen MR) is 87.2 cm³/mol. The standard InChI is InChI=1S/C17H19NO4S/c1-11-6-12(2)17(13(3)7-11)23(19,20)18-9-14-4-5-15-16(8-14)22-10-21-15/h4-8,18H,9-10H2,1-3H3. The Hall–Kier alpha value is -2.05. The fourth-order valence-electron chi connectivity index (χ4n) is 2.89. The van der Waals surface area contributed by atoms with Gasteiger partial charge in [-0.1, -0.05) is 23.8 Å². The summed E-state index contributed by atoms with van der Waals surface area (Å²) >= 11 is 0. The lowest BCUT2D eigenvalue weighted by molar-refractivity contribution is 0.174. The Balaban J connectivity index is 1.82. The monoisotopic (exact) mass is 333 g/mol. The Morgan fingerprint density at radius 3 is 2.35 bits per heavy atom. The zero-order valence-electron chi connectivity index (χ0n) is 13.3. The van der Waals surface area contributed by atoms with Crippen molar-refractivity contribution in [3.63, 3.8) is 0 Å². The van der Waals surface area contributed by atoms with Crippen LogP contribution in [0.4, 0.5) is 0 Å². The first kappa shape index (κ1) is 15.8. The Morgan fingerprint density at radius 2 is 1.65 bits per heavy atom. The van der Waals surface area contributed by atoms with Crippen LogP contribution in [0.25, 0.3) is 0 Å². The minimum Gasteiger partial charge on any atom is -0.454 e. The van der Waals surface area contributed by atoms with Crippen molar-refractivity contribution in [2.75, 3.05) is 6.79 Å². The highest BCUT2D eigenvalue weighted by molar-refractivity contribution is 7.89. The largest absolute Gasteiger partial charge is 0.454 e. The average Bonchev–Trinajstić information content (AvgIpc) is 2.91. The first-order chi connectivity index (χ1) is 10.9. The number of hydrogen-bond donors (Lipinski definition) is 1. The van der Waals surface area contributed by atoms with Gasteiger partial charge in [0.25, 0.3) is 0 Å². The van der Waals surface area contributed by atoms with Crippen LogP contribution in [-0.4, -0.2) is 15.2 Å². The summed E-state index contributed by atoms with van der Waals surface area (Å²) < 4.78 is 38.5. The van der Waals surface area contributed by atoms with E-state index in [1.54, 1.807) is 12.1 Å². The molecule has 0 amide bonds. The quantitative estimate of drug-likeness (QED) is 0.934. The molecule has 0 atom stereocenters. The zero-order chi connectivity index (χ0) is 16.6. The molecule has 1 aliphatic rings. The Morgan fingerprint density at radius 1 is 1.00 bits per heavy atom. The number of ether oxygens (including phenoxy) is 2. The van der Waals surface area contributed by atoms with Crippen LogP contribution < -0.4 is 14.2 Å². The SMILES string of the molecule is Cc1cc(C)c(S(=O)(=O)NCc2ccc3c(c2)OCO3)c(C)c1. The van der Waals surface area contributed by atoms with Gasteiger partial charge in [-0.05, 0) is 49.6 Å². The molecule has 122 valence electrons. The van der Waals surface area contributed by atoms with E-state index in [0.717, 1.165) is 22.3 Å². The molecule has 0 unspecified atom stereocenters. The highest BCUT2D eigenvalue weighted by Crippen LogP contribution is 2.32. The molecule has 6 heteroatoms. The smallest absolute Gasteiger partial charge is 0.241 e. The maximum Gasteiger partial charge on any atom is 0.241 e. The number of nitrogens with one attached hydrogen (secondary N) is 1. The molecule has 0 saturated heterocycles. The van der Waals surface area contributed by atoms with Crippen LogP contribution in [0, 0.1) is 20.8 Å². The number of rotatable bonds is 4. The molecule has 1 heterocycles. The van der Waals surface area contributed by atoms with Crippen molar-refractivity contribution >= 4 is 10.0 Å². The molecule has 0 saturated carbocycles. The van der Waals surface area contributed by atoms with E-state index in [0.29, 0.717) is 16.4 Å². The van der Waals surface area contributed by atoms with Gasteiger partial charge in [-0.3, -0.25) is 0 Å². The molecule has 2 aromatic carbocycles. The third-order valence-electron chi connectivity index (χ3n) is 3.78. The maximum atomic E-state index is 12.6. The van der Waals surface area contributed by atoms with Gasteiger partial charge in [-0.2, -0.15) is 0 Å². The number of aryl methyl sites for hydroxylation is 3. The van der Waals surface area contributed by atoms with Crippen LogP contribution in [0.5, 0.6) is 11.5 Å². The van der Waals surface area contributed by atoms with Crippen molar-refractivity contribution in [2.24, 2.45) is 0 Å². The molecule has 0 fully saturated rings. The van der Waals surface area contributed by atoms with Crippen LogP contribution in [-0.2, 0) is 16.6 Å². The lowest BCUT2D eigenvalue weighted by Crippen LogP contribution is -2.25. The lowest BCUT2D eigenvalue weighted by Gasteiger charge is -2.13. The van der Waals surface area contributed by atoms with Crippen LogP contribution in [0.3, 0.4) is 0 Å². The molecule has 1 N–H and O–H groups in total. The Labute approximate surface area is 136 Å². The Bertz CT molecular complexity index is 836. The third kappa shape index (κ3) is 3.18. The molecule has 0 spiro atoms. The third-order valence-corrected chi connectivity index (χ3v) is 5.48. The number of benzene rings is 2. The first-order valence-electron chi connectivity index (χ1n) is 7.33. The van der Waals surface area contributed by atoms with E-state index in [-0.39, 0.29) is 13.3 Å². The summed E-state index contributed by atoms with van der Waals surface area (Å²) in [6.07, 6.45) is 0. The minimum atomic E-state index is -3.57. The molecule has 23 heavy (non-hydrogen) atoms. The molecule has 0 aliphatic carbocycles. The van der Waals surface area contributed by atoms with Crippen molar-refractivity contribution in [2.45, 2.75) is 32.2 Å². The van der Waals surface area contributed by atoms with E-state index in [1.807, 2.05) is 39.0 Å². The number of sulfonamides is 1. The predicted octanol–water partition coefficient (Wildman–Crippen LogP) is 2.82. The average molecular weight is 333 g/mol. The van der Waals surface area contributed by atoms with Crippen LogP contribution in [0.2, 0.25) is 0 Å². The second-order valence-electron chi connectivity index (χ2n) is 5.74. The van der Waals surface area contributed by atoms with E-state index in [4.69, 9.17) is 9.47 Å². The van der Waals surface area contributed by atoms with Gasteiger partial charge in [-0.15, -0.1) is 0 Å². The van der Waals surface area contributed by atoms with Crippen LogP contribution >= 0.6 is 0 Å². The van der Waals surface area contributed by atoms with Gasteiger partial charge in [0.1, 0.15) is 0 Å². The highest BCUT2D eigenvalue weighted by Gasteiger charge is 2.20. The van der Waals surface area contributed by atoms with Crippen LogP contribution in [0.1, 0.15) is 22.3 Å². The molecule has 1 aliphatic heterocycles. The highest BCUT2D eigenvalue weighted by atomic mass is 32.2. The summed E-state index contributed by atoms with van der Waals surface area (Å²) in [5.41, 5.74) is 3.37. The molecular formula is C17H19NO4S. The van der Waals surface area contributed by atoms with Crippen molar-refractivity contribution < 1.29 is 17.9 Å². The van der Waals surface area contributed by atoms with E-state index < -0.39 is 10.0 Å². The van der Waals surface area contributed by atoms with Crippen molar-refractivity contribution in [1.82, 2.24) is 4.72 Å². The fourth-order valence-corrected chi connectivity index (χ4v) is 4.36. The second-order valence-corrected chi connectivity index (χ2v) is 7.44. The summed E-state index contributed by atoms with van der Waals surface area (Å²) in [7, 11) is -3.57. The number of fused-ring (bicyclic) bond motifs is 1. The number of hydrogen-bond acceptors (Lipinski definition) is 4. The van der Waals surface area contributed by atoms with E-state index in [1.165, 1.54) is 0 Å². The summed E-state index contributed by atoms with van der Waals surface area (Å²) in [5.74, 6) is 1.33. The topological polar surface area (TPSA) is 64.6 Å². The fraction of sp³-hybridized carbons (Fsp3) is 0.294. The second kappa shape index (κ2) is 5.86. The molecule has 0 radical (unpaired) electrons. The van der Waals surface area contributed by atoms with E-state index in [2.05, 4.69) is 4.72 Å². The first-order valence-corrected chi connectivity index (χ1v) is 8.81. The van der Waals surface area contributed by atoms with E-state index >= 15 is 0 Å². The van der Waals surface area contributed by atoms with E-state index in [9.17, 15) is 8.42 Å². The summed E-state index contributed by atoms with van der Waals surface area (Å²) in [5, 5.41) is 0. The summed E-state index contributed by atoms with van der Waals surface area (Å²) in [6, 6.07) is 9.16. The van der Waals surface area contributed by atoms with Gasteiger partial charge in [0, 0.05) is 6.54 Å². The molecule has 0 aromatic heterocycles. The van der Waals surface area contributed by atoms with Crippen molar-refractivity contribution in [3.05, 3.63) is 52.6 Å². The Kier molecular flexibility index (Phi) is 4.04. The van der Waals surface area contributed by atoms with Gasteiger partial charge < -0.3 is 9.47 Å².